The molecule has 3 amide bonds. The molecule has 0 radical (unpaired) electrons. The van der Waals surface area contributed by atoms with Crippen molar-refractivity contribution in [1.29, 1.82) is 0 Å². The van der Waals surface area contributed by atoms with Gasteiger partial charge in [0.05, 0.1) is 6.54 Å². The summed E-state index contributed by atoms with van der Waals surface area (Å²) >= 11 is 1.69. The highest BCUT2D eigenvalue weighted by atomic mass is 32.1. The minimum Gasteiger partial charge on any atom is -0.385 e. The average molecular weight is 418 g/mol. The van der Waals surface area contributed by atoms with Crippen molar-refractivity contribution in [2.75, 3.05) is 40.9 Å². The zero-order chi connectivity index (χ0) is 21.2. The van der Waals surface area contributed by atoms with Crippen molar-refractivity contribution in [3.05, 3.63) is 57.8 Å². The van der Waals surface area contributed by atoms with Crippen molar-refractivity contribution < 1.29 is 14.3 Å². The highest BCUT2D eigenvalue weighted by Gasteiger charge is 2.23. The zero-order valence-corrected chi connectivity index (χ0v) is 18.6. The maximum Gasteiger partial charge on any atom is 0.319 e. The van der Waals surface area contributed by atoms with Gasteiger partial charge in [0.1, 0.15) is 6.54 Å². The second-order valence-corrected chi connectivity index (χ2v) is 8.57. The molecule has 0 unspecified atom stereocenters. The van der Waals surface area contributed by atoms with Crippen molar-refractivity contribution >= 4 is 23.3 Å². The van der Waals surface area contributed by atoms with Gasteiger partial charge in [0, 0.05) is 50.7 Å². The van der Waals surface area contributed by atoms with E-state index in [0.717, 1.165) is 10.4 Å². The van der Waals surface area contributed by atoms with Crippen LogP contribution in [-0.4, -0.2) is 67.5 Å². The molecule has 0 aliphatic heterocycles. The number of nitrogens with zero attached hydrogens (tertiary/aromatic N) is 3. The normalized spacial score (nSPS) is 10.6. The Bertz CT molecular complexity index is 777. The lowest BCUT2D eigenvalue weighted by molar-refractivity contribution is -0.133. The molecule has 0 bridgehead atoms. The van der Waals surface area contributed by atoms with Crippen molar-refractivity contribution in [2.24, 2.45) is 0 Å². The van der Waals surface area contributed by atoms with Gasteiger partial charge in [0.2, 0.25) is 5.91 Å². The first-order valence-electron chi connectivity index (χ1n) is 9.73. The molecule has 0 fully saturated rings. The number of benzene rings is 1. The molecule has 29 heavy (non-hydrogen) atoms. The van der Waals surface area contributed by atoms with Gasteiger partial charge in [-0.05, 0) is 31.0 Å². The molecule has 0 aliphatic carbocycles. The second kappa shape index (κ2) is 11.6. The van der Waals surface area contributed by atoms with Crippen molar-refractivity contribution in [3.8, 4) is 0 Å². The number of thiophene rings is 1. The Morgan fingerprint density at radius 1 is 1.00 bits per heavy atom. The number of carbonyl (C=O) groups excluding carboxylic acids is 2. The molecule has 0 N–H and O–H groups in total. The number of amides is 3. The van der Waals surface area contributed by atoms with Crippen molar-refractivity contribution in [2.45, 2.75) is 26.4 Å². The van der Waals surface area contributed by atoms with E-state index >= 15 is 0 Å². The van der Waals surface area contributed by atoms with E-state index in [-0.39, 0.29) is 18.5 Å². The largest absolute Gasteiger partial charge is 0.385 e. The van der Waals surface area contributed by atoms with E-state index in [2.05, 4.69) is 19.1 Å². The summed E-state index contributed by atoms with van der Waals surface area (Å²) in [5.41, 5.74) is 1.07. The number of ether oxygens (including phenoxy) is 1. The van der Waals surface area contributed by atoms with E-state index < -0.39 is 0 Å². The summed E-state index contributed by atoms with van der Waals surface area (Å²) in [7, 11) is 5.03. The lowest BCUT2D eigenvalue weighted by Gasteiger charge is -2.29. The molecule has 1 heterocycles. The Labute approximate surface area is 177 Å². The van der Waals surface area contributed by atoms with Crippen LogP contribution in [0.25, 0.3) is 0 Å². The highest BCUT2D eigenvalue weighted by molar-refractivity contribution is 7.11. The topological polar surface area (TPSA) is 53.1 Å². The number of hydrogen-bond donors (Lipinski definition) is 0. The first kappa shape index (κ1) is 22.9. The standard InChI is InChI=1S/C22H31N3O3S/c1-18-11-12-20(29-18)16-25(15-19-9-6-5-7-10-19)21(26)17-24(13-8-14-28-4)22(27)23(2)3/h5-7,9-12H,8,13-17H2,1-4H3. The van der Waals surface area contributed by atoms with Gasteiger partial charge in [-0.15, -0.1) is 11.3 Å². The maximum atomic E-state index is 13.2. The van der Waals surface area contributed by atoms with Crippen LogP contribution < -0.4 is 0 Å². The van der Waals surface area contributed by atoms with Crippen molar-refractivity contribution in [1.82, 2.24) is 14.7 Å². The van der Waals surface area contributed by atoms with Gasteiger partial charge >= 0.3 is 6.03 Å². The third-order valence-electron chi connectivity index (χ3n) is 4.47. The third-order valence-corrected chi connectivity index (χ3v) is 5.45. The van der Waals surface area contributed by atoms with Crippen LogP contribution in [0, 0.1) is 6.92 Å². The fraction of sp³-hybridized carbons (Fsp3) is 0.455. The molecule has 7 heteroatoms. The molecule has 2 aromatic rings. The van der Waals surface area contributed by atoms with E-state index in [1.165, 1.54) is 9.78 Å². The van der Waals surface area contributed by atoms with Gasteiger partial charge in [0.25, 0.3) is 0 Å². The smallest absolute Gasteiger partial charge is 0.319 e. The summed E-state index contributed by atoms with van der Waals surface area (Å²) in [5.74, 6) is -0.0625. The minimum absolute atomic E-state index is 0.0535. The molecule has 158 valence electrons. The molecular formula is C22H31N3O3S. The Balaban J connectivity index is 2.15. The quantitative estimate of drug-likeness (QED) is 0.555. The Morgan fingerprint density at radius 3 is 2.31 bits per heavy atom. The lowest BCUT2D eigenvalue weighted by atomic mass is 10.2. The summed E-state index contributed by atoms with van der Waals surface area (Å²) < 4.78 is 5.10. The number of hydrogen-bond acceptors (Lipinski definition) is 4. The van der Waals surface area contributed by atoms with Crippen LogP contribution in [0.4, 0.5) is 4.79 Å². The van der Waals surface area contributed by atoms with Gasteiger partial charge < -0.3 is 19.4 Å². The van der Waals surface area contributed by atoms with E-state index in [0.29, 0.717) is 32.7 Å². The molecule has 2 rings (SSSR count). The maximum absolute atomic E-state index is 13.2. The Hall–Kier alpha value is -2.38. The molecule has 1 aromatic heterocycles. The number of urea groups is 1. The van der Waals surface area contributed by atoms with Gasteiger partial charge in [-0.1, -0.05) is 30.3 Å². The van der Waals surface area contributed by atoms with Crippen LogP contribution in [-0.2, 0) is 22.6 Å². The Morgan fingerprint density at radius 2 is 1.72 bits per heavy atom. The lowest BCUT2D eigenvalue weighted by Crippen LogP contribution is -2.46. The Kier molecular flexibility index (Phi) is 9.15. The van der Waals surface area contributed by atoms with Crippen LogP contribution >= 0.6 is 11.3 Å². The molecule has 6 nitrogen and oxygen atoms in total. The molecule has 0 spiro atoms. The van der Waals surface area contributed by atoms with Gasteiger partial charge in [-0.25, -0.2) is 4.79 Å². The number of carbonyl (C=O) groups is 2. The third kappa shape index (κ3) is 7.51. The summed E-state index contributed by atoms with van der Waals surface area (Å²) in [4.78, 5) is 33.1. The van der Waals surface area contributed by atoms with Gasteiger partial charge in [-0.2, -0.15) is 0 Å². The zero-order valence-electron chi connectivity index (χ0n) is 17.8. The fourth-order valence-corrected chi connectivity index (χ4v) is 3.89. The van der Waals surface area contributed by atoms with E-state index in [1.54, 1.807) is 37.4 Å². The number of rotatable bonds is 10. The summed E-state index contributed by atoms with van der Waals surface area (Å²) in [6.45, 7) is 4.19. The average Bonchev–Trinajstić information content (AvgIpc) is 3.11. The second-order valence-electron chi connectivity index (χ2n) is 7.19. The molecule has 0 aliphatic rings. The summed E-state index contributed by atoms with van der Waals surface area (Å²) in [6, 6.07) is 13.9. The predicted octanol–water partition coefficient (Wildman–Crippen LogP) is 3.61. The van der Waals surface area contributed by atoms with E-state index in [4.69, 9.17) is 4.74 Å². The van der Waals surface area contributed by atoms with E-state index in [1.807, 2.05) is 35.2 Å². The van der Waals surface area contributed by atoms with Gasteiger partial charge in [0.15, 0.2) is 0 Å². The van der Waals surface area contributed by atoms with Gasteiger partial charge in [-0.3, -0.25) is 4.79 Å². The van der Waals surface area contributed by atoms with Crippen molar-refractivity contribution in [3.63, 3.8) is 0 Å². The minimum atomic E-state index is -0.166. The van der Waals surface area contributed by atoms with Crippen LogP contribution in [0.15, 0.2) is 42.5 Å². The molecule has 1 aromatic carbocycles. The first-order chi connectivity index (χ1) is 13.9. The summed E-state index contributed by atoms with van der Waals surface area (Å²) in [6.07, 6.45) is 0.687. The van der Waals surface area contributed by atoms with Crippen LogP contribution in [0.1, 0.15) is 21.7 Å². The molecule has 0 atom stereocenters. The van der Waals surface area contributed by atoms with E-state index in [9.17, 15) is 9.59 Å². The first-order valence-corrected chi connectivity index (χ1v) is 10.5. The summed E-state index contributed by atoms with van der Waals surface area (Å²) in [5, 5.41) is 0. The number of aryl methyl sites for hydroxylation is 1. The SMILES string of the molecule is COCCCN(CC(=O)N(Cc1ccccc1)Cc1ccc(C)s1)C(=O)N(C)C. The predicted molar refractivity (Wildman–Crippen MR) is 117 cm³/mol. The number of methoxy groups -OCH3 is 1. The molecular weight excluding hydrogens is 386 g/mol. The van der Waals surface area contributed by atoms with Crippen LogP contribution in [0.5, 0.6) is 0 Å². The fourth-order valence-electron chi connectivity index (χ4n) is 2.98. The van der Waals surface area contributed by atoms with Crippen LogP contribution in [0.3, 0.4) is 0 Å². The van der Waals surface area contributed by atoms with Crippen LogP contribution in [0.2, 0.25) is 0 Å². The molecule has 0 saturated carbocycles. The monoisotopic (exact) mass is 417 g/mol. The molecule has 0 saturated heterocycles. The highest BCUT2D eigenvalue weighted by Crippen LogP contribution is 2.19.